The molecule has 0 radical (unpaired) electrons. The fraction of sp³-hybridized carbons (Fsp3) is 0.250. The summed E-state index contributed by atoms with van der Waals surface area (Å²) in [7, 11) is 0. The minimum Gasteiger partial charge on any atom is -0.508 e. The number of aromatic hydroxyl groups is 1. The van der Waals surface area contributed by atoms with Gasteiger partial charge < -0.3 is 5.11 Å². The van der Waals surface area contributed by atoms with Gasteiger partial charge in [-0.25, -0.2) is 0 Å². The summed E-state index contributed by atoms with van der Waals surface area (Å²) in [5.41, 5.74) is 0.999. The van der Waals surface area contributed by atoms with Crippen LogP contribution >= 0.6 is 15.9 Å². The van der Waals surface area contributed by atoms with E-state index in [-0.39, 0.29) is 0 Å². The molecule has 0 fully saturated rings. The van der Waals surface area contributed by atoms with Crippen LogP contribution in [0.1, 0.15) is 5.56 Å². The van der Waals surface area contributed by atoms with Gasteiger partial charge >= 0.3 is 0 Å². The minimum atomic E-state index is 0.391. The topological polar surface area (TPSA) is 20.2 Å². The van der Waals surface area contributed by atoms with Crippen LogP contribution < -0.4 is 0 Å². The van der Waals surface area contributed by atoms with Gasteiger partial charge in [0.1, 0.15) is 5.75 Å². The molecule has 0 heterocycles. The Balaban J connectivity index is 2.81. The van der Waals surface area contributed by atoms with E-state index in [0.29, 0.717) is 5.75 Å². The lowest BCUT2D eigenvalue weighted by molar-refractivity contribution is 0.469. The number of aryl methyl sites for hydroxylation is 1. The Hall–Kier alpha value is -0.500. The number of hydrogen-bond donors (Lipinski definition) is 1. The van der Waals surface area contributed by atoms with Crippen LogP contribution in [0.4, 0.5) is 0 Å². The first kappa shape index (κ1) is 7.61. The van der Waals surface area contributed by atoms with Gasteiger partial charge in [-0.1, -0.05) is 34.1 Å². The van der Waals surface area contributed by atoms with Crippen LogP contribution in [-0.2, 0) is 6.42 Å². The SMILES string of the molecule is Oc1ccccc1CCBr. The van der Waals surface area contributed by atoms with E-state index in [1.165, 1.54) is 0 Å². The van der Waals surface area contributed by atoms with Crippen molar-refractivity contribution in [2.24, 2.45) is 0 Å². The highest BCUT2D eigenvalue weighted by Crippen LogP contribution is 2.16. The first-order valence-corrected chi connectivity index (χ1v) is 4.29. The van der Waals surface area contributed by atoms with E-state index in [1.807, 2.05) is 18.2 Å². The van der Waals surface area contributed by atoms with E-state index in [0.717, 1.165) is 17.3 Å². The fourth-order valence-corrected chi connectivity index (χ4v) is 1.25. The molecule has 1 N–H and O–H groups in total. The molecule has 1 rings (SSSR count). The number of phenolic OH excluding ortho intramolecular Hbond substituents is 1. The van der Waals surface area contributed by atoms with Crippen LogP contribution in [0.5, 0.6) is 5.75 Å². The lowest BCUT2D eigenvalue weighted by Crippen LogP contribution is -1.84. The van der Waals surface area contributed by atoms with Gasteiger partial charge in [0.05, 0.1) is 0 Å². The molecule has 1 nitrogen and oxygen atoms in total. The molecule has 0 saturated heterocycles. The van der Waals surface area contributed by atoms with E-state index in [9.17, 15) is 5.11 Å². The van der Waals surface area contributed by atoms with E-state index < -0.39 is 0 Å². The van der Waals surface area contributed by atoms with Crippen molar-refractivity contribution in [3.8, 4) is 5.75 Å². The molecular weight excluding hydrogens is 192 g/mol. The second-order valence-electron chi connectivity index (χ2n) is 2.07. The summed E-state index contributed by atoms with van der Waals surface area (Å²) in [5.74, 6) is 0.391. The summed E-state index contributed by atoms with van der Waals surface area (Å²) in [4.78, 5) is 0. The summed E-state index contributed by atoms with van der Waals surface area (Å²) < 4.78 is 0. The molecule has 1 aromatic carbocycles. The van der Waals surface area contributed by atoms with Crippen LogP contribution in [0.3, 0.4) is 0 Å². The van der Waals surface area contributed by atoms with Crippen molar-refractivity contribution in [2.45, 2.75) is 6.42 Å². The third kappa shape index (κ3) is 1.74. The predicted molar refractivity (Wildman–Crippen MR) is 45.6 cm³/mol. The Morgan fingerprint density at radius 3 is 2.60 bits per heavy atom. The number of phenols is 1. The Labute approximate surface area is 68.8 Å². The van der Waals surface area contributed by atoms with Gasteiger partial charge in [-0.05, 0) is 18.1 Å². The zero-order chi connectivity index (χ0) is 7.40. The fourth-order valence-electron chi connectivity index (χ4n) is 0.824. The van der Waals surface area contributed by atoms with Crippen LogP contribution in [0.2, 0.25) is 0 Å². The Bertz CT molecular complexity index is 210. The summed E-state index contributed by atoms with van der Waals surface area (Å²) >= 11 is 3.31. The number of rotatable bonds is 2. The Kier molecular flexibility index (Phi) is 2.75. The zero-order valence-corrected chi connectivity index (χ0v) is 7.13. The first-order chi connectivity index (χ1) is 4.84. The van der Waals surface area contributed by atoms with Gasteiger partial charge in [0.25, 0.3) is 0 Å². The van der Waals surface area contributed by atoms with Gasteiger partial charge in [-0.3, -0.25) is 0 Å². The average Bonchev–Trinajstić information content (AvgIpc) is 1.94. The molecule has 10 heavy (non-hydrogen) atoms. The quantitative estimate of drug-likeness (QED) is 0.728. The largest absolute Gasteiger partial charge is 0.508 e. The van der Waals surface area contributed by atoms with Crippen molar-refractivity contribution in [3.05, 3.63) is 29.8 Å². The molecular formula is C8H9BrO. The monoisotopic (exact) mass is 200 g/mol. The van der Waals surface area contributed by atoms with Gasteiger partial charge in [-0.15, -0.1) is 0 Å². The molecule has 0 aliphatic rings. The van der Waals surface area contributed by atoms with E-state index in [2.05, 4.69) is 15.9 Å². The zero-order valence-electron chi connectivity index (χ0n) is 5.55. The number of alkyl halides is 1. The summed E-state index contributed by atoms with van der Waals surface area (Å²) in [5, 5.41) is 10.1. The number of hydrogen-bond acceptors (Lipinski definition) is 1. The summed E-state index contributed by atoms with van der Waals surface area (Å²) in [6, 6.07) is 7.39. The van der Waals surface area contributed by atoms with Crippen molar-refractivity contribution in [2.75, 3.05) is 5.33 Å². The van der Waals surface area contributed by atoms with Crippen molar-refractivity contribution in [1.29, 1.82) is 0 Å². The van der Waals surface area contributed by atoms with Crippen molar-refractivity contribution >= 4 is 15.9 Å². The molecule has 0 unspecified atom stereocenters. The van der Waals surface area contributed by atoms with Gasteiger partial charge in [0.2, 0.25) is 0 Å². The van der Waals surface area contributed by atoms with E-state index in [4.69, 9.17) is 0 Å². The normalized spacial score (nSPS) is 9.70. The van der Waals surface area contributed by atoms with Gasteiger partial charge in [-0.2, -0.15) is 0 Å². The molecule has 54 valence electrons. The molecule has 0 aliphatic heterocycles. The van der Waals surface area contributed by atoms with E-state index >= 15 is 0 Å². The number of para-hydroxylation sites is 1. The third-order valence-corrected chi connectivity index (χ3v) is 1.75. The maximum absolute atomic E-state index is 9.22. The molecule has 0 atom stereocenters. The van der Waals surface area contributed by atoms with Gasteiger partial charge in [0, 0.05) is 5.33 Å². The highest BCUT2D eigenvalue weighted by atomic mass is 79.9. The highest BCUT2D eigenvalue weighted by molar-refractivity contribution is 9.09. The molecule has 1 aromatic rings. The molecule has 0 saturated carbocycles. The number of halogens is 1. The second kappa shape index (κ2) is 3.62. The van der Waals surface area contributed by atoms with Crippen LogP contribution in [-0.4, -0.2) is 10.4 Å². The molecule has 0 bridgehead atoms. The molecule has 0 aromatic heterocycles. The van der Waals surface area contributed by atoms with Crippen LogP contribution in [0.25, 0.3) is 0 Å². The molecule has 0 spiro atoms. The van der Waals surface area contributed by atoms with Crippen LogP contribution in [0, 0.1) is 0 Å². The van der Waals surface area contributed by atoms with Crippen molar-refractivity contribution in [1.82, 2.24) is 0 Å². The van der Waals surface area contributed by atoms with Crippen LogP contribution in [0.15, 0.2) is 24.3 Å². The average molecular weight is 201 g/mol. The van der Waals surface area contributed by atoms with Gasteiger partial charge in [0.15, 0.2) is 0 Å². The maximum atomic E-state index is 9.22. The Morgan fingerprint density at radius 1 is 1.30 bits per heavy atom. The molecule has 0 aliphatic carbocycles. The third-order valence-electron chi connectivity index (χ3n) is 1.36. The Morgan fingerprint density at radius 2 is 2.00 bits per heavy atom. The standard InChI is InChI=1S/C8H9BrO/c9-6-5-7-3-1-2-4-8(7)10/h1-4,10H,5-6H2. The molecule has 2 heteroatoms. The van der Waals surface area contributed by atoms with Crippen molar-refractivity contribution in [3.63, 3.8) is 0 Å². The lowest BCUT2D eigenvalue weighted by Gasteiger charge is -1.99. The highest BCUT2D eigenvalue weighted by Gasteiger charge is 1.95. The minimum absolute atomic E-state index is 0.391. The smallest absolute Gasteiger partial charge is 0.118 e. The second-order valence-corrected chi connectivity index (χ2v) is 2.86. The first-order valence-electron chi connectivity index (χ1n) is 3.17. The maximum Gasteiger partial charge on any atom is 0.118 e. The summed E-state index contributed by atoms with van der Waals surface area (Å²) in [6.07, 6.45) is 0.882. The van der Waals surface area contributed by atoms with E-state index in [1.54, 1.807) is 6.07 Å². The molecule has 0 amide bonds. The van der Waals surface area contributed by atoms with Crippen molar-refractivity contribution < 1.29 is 5.11 Å². The predicted octanol–water partition coefficient (Wildman–Crippen LogP) is 2.33. The summed E-state index contributed by atoms with van der Waals surface area (Å²) in [6.45, 7) is 0. The number of benzene rings is 1. The lowest BCUT2D eigenvalue weighted by atomic mass is 10.1.